The molecule has 4 aromatic rings. The average molecular weight is 626 g/mol. The van der Waals surface area contributed by atoms with Gasteiger partial charge in [0, 0.05) is 19.0 Å². The number of anilines is 1. The molecule has 1 atom stereocenters. The maximum absolute atomic E-state index is 14.6. The highest BCUT2D eigenvalue weighted by atomic mass is 32.2. The van der Waals surface area contributed by atoms with Crippen LogP contribution in [0.5, 0.6) is 0 Å². The molecule has 0 bridgehead atoms. The van der Waals surface area contributed by atoms with Crippen LogP contribution in [0.3, 0.4) is 0 Å². The number of nitrogens with one attached hydrogen (secondary N) is 1. The molecule has 0 fully saturated rings. The highest BCUT2D eigenvalue weighted by molar-refractivity contribution is 7.92. The van der Waals surface area contributed by atoms with Gasteiger partial charge in [0.05, 0.1) is 10.6 Å². The molecule has 0 unspecified atom stereocenters. The predicted octanol–water partition coefficient (Wildman–Crippen LogP) is 6.28. The molecular weight excluding hydrogens is 582 g/mol. The first-order valence-corrected chi connectivity index (χ1v) is 16.6. The highest BCUT2D eigenvalue weighted by Gasteiger charge is 2.35. The number of carbonyl (C=O) groups excluding carboxylic acids is 2. The normalized spacial score (nSPS) is 12.1. The minimum atomic E-state index is -4.15. The molecule has 8 heteroatoms. The fraction of sp³-hybridized carbons (Fsp3) is 0.297. The SMILES string of the molecule is Cc1ccc(S(=O)(=O)N(CC(=O)N(Cc2cccc(C)c2)[C@H](Cc2ccccc2)C(=O)NC(C)C)c2cc(C)cc(C)c2)cc1. The standard InChI is InChI=1S/C37H43N3O4S/c1-26(2)38-37(42)35(23-31-12-8-7-9-13-31)39(24-32-14-10-11-28(4)20-32)36(41)25-40(33-21-29(5)19-30(6)22-33)45(43,44)34-17-15-27(3)16-18-34/h7-22,26,35H,23-25H2,1-6H3,(H,38,42)/t35-/m1/s1. The van der Waals surface area contributed by atoms with E-state index in [1.165, 1.54) is 9.21 Å². The molecule has 0 spiro atoms. The number of benzene rings is 4. The third kappa shape index (κ3) is 8.82. The van der Waals surface area contributed by atoms with Gasteiger partial charge >= 0.3 is 0 Å². The van der Waals surface area contributed by atoms with Crippen molar-refractivity contribution in [2.24, 2.45) is 0 Å². The number of nitrogens with zero attached hydrogens (tertiary/aromatic N) is 2. The van der Waals surface area contributed by atoms with E-state index >= 15 is 0 Å². The summed E-state index contributed by atoms with van der Waals surface area (Å²) < 4.78 is 29.7. The summed E-state index contributed by atoms with van der Waals surface area (Å²) in [6.07, 6.45) is 0.269. The van der Waals surface area contributed by atoms with Crippen LogP contribution in [0.2, 0.25) is 0 Å². The highest BCUT2D eigenvalue weighted by Crippen LogP contribution is 2.27. The van der Waals surface area contributed by atoms with E-state index in [-0.39, 0.29) is 29.8 Å². The van der Waals surface area contributed by atoms with Gasteiger partial charge in [-0.05, 0) is 88.1 Å². The maximum Gasteiger partial charge on any atom is 0.264 e. The largest absolute Gasteiger partial charge is 0.352 e. The Morgan fingerprint density at radius 1 is 0.711 bits per heavy atom. The zero-order valence-electron chi connectivity index (χ0n) is 26.9. The summed E-state index contributed by atoms with van der Waals surface area (Å²) in [5.41, 5.74) is 5.81. The van der Waals surface area contributed by atoms with Crippen molar-refractivity contribution in [2.75, 3.05) is 10.8 Å². The first kappa shape index (κ1) is 33.5. The average Bonchev–Trinajstić information content (AvgIpc) is 2.97. The van der Waals surface area contributed by atoms with Crippen LogP contribution in [0.15, 0.2) is 102 Å². The zero-order chi connectivity index (χ0) is 32.7. The molecule has 0 aromatic heterocycles. The third-order valence-corrected chi connectivity index (χ3v) is 9.31. The summed E-state index contributed by atoms with van der Waals surface area (Å²) in [6, 6.07) is 28.4. The number of hydrogen-bond acceptors (Lipinski definition) is 4. The Hall–Kier alpha value is -4.43. The van der Waals surface area contributed by atoms with Crippen molar-refractivity contribution >= 4 is 27.5 Å². The van der Waals surface area contributed by atoms with E-state index in [0.717, 1.165) is 33.4 Å². The van der Waals surface area contributed by atoms with Crippen LogP contribution in [0, 0.1) is 27.7 Å². The van der Waals surface area contributed by atoms with Crippen molar-refractivity contribution in [1.29, 1.82) is 0 Å². The lowest BCUT2D eigenvalue weighted by Gasteiger charge is -2.34. The molecule has 1 N–H and O–H groups in total. The first-order valence-electron chi connectivity index (χ1n) is 15.2. The van der Waals surface area contributed by atoms with Gasteiger partial charge in [-0.25, -0.2) is 8.42 Å². The molecule has 0 aliphatic rings. The Balaban J connectivity index is 1.83. The second-order valence-electron chi connectivity index (χ2n) is 12.1. The van der Waals surface area contributed by atoms with Crippen LogP contribution < -0.4 is 9.62 Å². The number of hydrogen-bond donors (Lipinski definition) is 1. The second kappa shape index (κ2) is 14.6. The van der Waals surface area contributed by atoms with Gasteiger partial charge in [-0.3, -0.25) is 13.9 Å². The summed E-state index contributed by atoms with van der Waals surface area (Å²) in [5, 5.41) is 2.99. The van der Waals surface area contributed by atoms with Crippen molar-refractivity contribution < 1.29 is 18.0 Å². The van der Waals surface area contributed by atoms with Gasteiger partial charge in [0.1, 0.15) is 12.6 Å². The second-order valence-corrected chi connectivity index (χ2v) is 13.9. The zero-order valence-corrected chi connectivity index (χ0v) is 27.8. The summed E-state index contributed by atoms with van der Waals surface area (Å²) in [6.45, 7) is 11.1. The number of sulfonamides is 1. The van der Waals surface area contributed by atoms with Crippen molar-refractivity contribution in [1.82, 2.24) is 10.2 Å². The van der Waals surface area contributed by atoms with Gasteiger partial charge in [0.15, 0.2) is 0 Å². The number of amides is 2. The van der Waals surface area contributed by atoms with E-state index in [1.807, 2.05) is 102 Å². The number of carbonyl (C=O) groups is 2. The molecule has 0 heterocycles. The molecule has 0 aliphatic carbocycles. The van der Waals surface area contributed by atoms with Crippen LogP contribution >= 0.6 is 0 Å². The Kier molecular flexibility index (Phi) is 10.8. The fourth-order valence-electron chi connectivity index (χ4n) is 5.40. The quantitative estimate of drug-likeness (QED) is 0.201. The lowest BCUT2D eigenvalue weighted by atomic mass is 10.0. The third-order valence-electron chi connectivity index (χ3n) is 7.52. The predicted molar refractivity (Wildman–Crippen MR) is 181 cm³/mol. The molecule has 45 heavy (non-hydrogen) atoms. The van der Waals surface area contributed by atoms with E-state index in [9.17, 15) is 18.0 Å². The lowest BCUT2D eigenvalue weighted by Crippen LogP contribution is -2.54. The van der Waals surface area contributed by atoms with Gasteiger partial charge in [0.25, 0.3) is 10.0 Å². The summed E-state index contributed by atoms with van der Waals surface area (Å²) in [5.74, 6) is -0.777. The topological polar surface area (TPSA) is 86.8 Å². The lowest BCUT2D eigenvalue weighted by molar-refractivity contribution is -0.140. The molecule has 2 amide bonds. The molecule has 4 rings (SSSR count). The summed E-state index contributed by atoms with van der Waals surface area (Å²) in [7, 11) is -4.15. The Morgan fingerprint density at radius 3 is 1.93 bits per heavy atom. The molecular formula is C37H43N3O4S. The molecule has 0 radical (unpaired) electrons. The van der Waals surface area contributed by atoms with Crippen LogP contribution in [-0.2, 0) is 32.6 Å². The van der Waals surface area contributed by atoms with Gasteiger partial charge in [-0.1, -0.05) is 83.9 Å². The Morgan fingerprint density at radius 2 is 1.33 bits per heavy atom. The van der Waals surface area contributed by atoms with Gasteiger partial charge < -0.3 is 10.2 Å². The fourth-order valence-corrected chi connectivity index (χ4v) is 6.80. The van der Waals surface area contributed by atoms with Crippen molar-refractivity contribution in [3.05, 3.63) is 130 Å². The maximum atomic E-state index is 14.6. The molecule has 0 saturated heterocycles. The van der Waals surface area contributed by atoms with Crippen LogP contribution in [0.25, 0.3) is 0 Å². The van der Waals surface area contributed by atoms with Crippen molar-refractivity contribution in [2.45, 2.75) is 71.5 Å². The van der Waals surface area contributed by atoms with E-state index in [1.54, 1.807) is 36.4 Å². The summed E-state index contributed by atoms with van der Waals surface area (Å²) >= 11 is 0. The molecule has 0 aliphatic heterocycles. The van der Waals surface area contributed by atoms with Crippen LogP contribution in [0.4, 0.5) is 5.69 Å². The van der Waals surface area contributed by atoms with Gasteiger partial charge in [-0.15, -0.1) is 0 Å². The summed E-state index contributed by atoms with van der Waals surface area (Å²) in [4.78, 5) is 30.0. The molecule has 0 saturated carbocycles. The van der Waals surface area contributed by atoms with Crippen molar-refractivity contribution in [3.8, 4) is 0 Å². The minimum Gasteiger partial charge on any atom is -0.352 e. The Labute approximate surface area is 268 Å². The van der Waals surface area contributed by atoms with Gasteiger partial charge in [0.2, 0.25) is 11.8 Å². The molecule has 7 nitrogen and oxygen atoms in total. The Bertz CT molecular complexity index is 1720. The smallest absolute Gasteiger partial charge is 0.264 e. The number of rotatable bonds is 12. The number of aryl methyl sites for hydroxylation is 4. The monoisotopic (exact) mass is 625 g/mol. The van der Waals surface area contributed by atoms with Crippen LogP contribution in [0.1, 0.15) is 47.2 Å². The van der Waals surface area contributed by atoms with Gasteiger partial charge in [-0.2, -0.15) is 0 Å². The first-order chi connectivity index (χ1) is 21.3. The molecule has 4 aromatic carbocycles. The van der Waals surface area contributed by atoms with E-state index < -0.39 is 28.5 Å². The van der Waals surface area contributed by atoms with E-state index in [0.29, 0.717) is 5.69 Å². The minimum absolute atomic E-state index is 0.0867. The van der Waals surface area contributed by atoms with E-state index in [2.05, 4.69) is 5.32 Å². The molecule has 236 valence electrons. The van der Waals surface area contributed by atoms with Crippen molar-refractivity contribution in [3.63, 3.8) is 0 Å². The van der Waals surface area contributed by atoms with E-state index in [4.69, 9.17) is 0 Å². The van der Waals surface area contributed by atoms with Crippen LogP contribution in [-0.4, -0.2) is 43.8 Å².